The minimum atomic E-state index is -0.600. The molecule has 2 heterocycles. The number of carbonyl (C=O) groups is 1. The van der Waals surface area contributed by atoms with E-state index in [1.165, 1.54) is 0 Å². The van der Waals surface area contributed by atoms with Gasteiger partial charge in [-0.15, -0.1) is 0 Å². The highest BCUT2D eigenvalue weighted by Crippen LogP contribution is 2.69. The number of carbonyl (C=O) groups excluding carboxylic acids is 1. The van der Waals surface area contributed by atoms with E-state index in [9.17, 15) is 9.90 Å². The van der Waals surface area contributed by atoms with Gasteiger partial charge in [0.2, 0.25) is 5.91 Å². The predicted octanol–water partition coefficient (Wildman–Crippen LogP) is 2.79. The summed E-state index contributed by atoms with van der Waals surface area (Å²) in [6.07, 6.45) is 0.364. The van der Waals surface area contributed by atoms with E-state index >= 15 is 0 Å². The van der Waals surface area contributed by atoms with Gasteiger partial charge in [-0.25, -0.2) is 0 Å². The number of aliphatic hydroxyl groups excluding tert-OH is 1. The maximum Gasteiger partial charge on any atom is 0.233 e. The zero-order chi connectivity index (χ0) is 16.1. The molecule has 4 aliphatic rings. The van der Waals surface area contributed by atoms with E-state index in [4.69, 9.17) is 4.74 Å². The molecule has 23 heavy (non-hydrogen) atoms. The minimum absolute atomic E-state index is 0.0728. The smallest absolute Gasteiger partial charge is 0.233 e. The molecule has 2 saturated carbocycles. The van der Waals surface area contributed by atoms with Crippen LogP contribution in [0.5, 0.6) is 0 Å². The quantitative estimate of drug-likeness (QED) is 0.861. The Balaban J connectivity index is 1.69. The van der Waals surface area contributed by atoms with Crippen molar-refractivity contribution in [1.29, 1.82) is 0 Å². The van der Waals surface area contributed by atoms with Crippen LogP contribution in [0.4, 0.5) is 5.69 Å². The van der Waals surface area contributed by atoms with E-state index < -0.39 is 11.8 Å². The second-order valence-electron chi connectivity index (χ2n) is 7.74. The Morgan fingerprint density at radius 3 is 2.65 bits per heavy atom. The summed E-state index contributed by atoms with van der Waals surface area (Å²) in [6.45, 7) is 4.26. The van der Waals surface area contributed by atoms with Crippen molar-refractivity contribution in [2.45, 2.75) is 38.2 Å². The molecule has 4 nitrogen and oxygen atoms in total. The summed E-state index contributed by atoms with van der Waals surface area (Å²) >= 11 is 3.46. The lowest BCUT2D eigenvalue weighted by atomic mass is 9.74. The third-order valence-electron chi connectivity index (χ3n) is 6.62. The Labute approximate surface area is 143 Å². The van der Waals surface area contributed by atoms with Gasteiger partial charge in [0, 0.05) is 22.0 Å². The van der Waals surface area contributed by atoms with Crippen molar-refractivity contribution < 1.29 is 14.6 Å². The number of anilines is 1. The van der Waals surface area contributed by atoms with Crippen LogP contribution >= 0.6 is 15.9 Å². The zero-order valence-corrected chi connectivity index (χ0v) is 14.7. The topological polar surface area (TPSA) is 49.8 Å². The van der Waals surface area contributed by atoms with Crippen LogP contribution in [0.1, 0.15) is 20.3 Å². The van der Waals surface area contributed by atoms with Crippen molar-refractivity contribution in [3.05, 3.63) is 28.7 Å². The standard InChI is InChI=1S/C18H20BrNO3/c1-8(2)18-14-12-7-11(15(21)16(12)23-18)13(14)17(22)20(18)10-5-3-9(19)4-6-10/h3-6,8,11-16,21H,7H2,1-2H3/t11-,12-,13-,14+,15+,16-,18-/m0/s1. The molecule has 0 spiro atoms. The van der Waals surface area contributed by atoms with E-state index in [2.05, 4.69) is 29.8 Å². The second-order valence-corrected chi connectivity index (χ2v) is 8.66. The summed E-state index contributed by atoms with van der Waals surface area (Å²) in [7, 11) is 0. The summed E-state index contributed by atoms with van der Waals surface area (Å²) < 4.78 is 7.50. The van der Waals surface area contributed by atoms with Crippen molar-refractivity contribution in [3.63, 3.8) is 0 Å². The van der Waals surface area contributed by atoms with Crippen LogP contribution in [0, 0.1) is 29.6 Å². The molecular weight excluding hydrogens is 358 g/mol. The number of halogens is 1. The number of benzene rings is 1. The Morgan fingerprint density at radius 2 is 2.00 bits per heavy atom. The van der Waals surface area contributed by atoms with Gasteiger partial charge in [0.05, 0.1) is 18.1 Å². The average Bonchev–Trinajstić information content (AvgIpc) is 3.17. The van der Waals surface area contributed by atoms with Gasteiger partial charge < -0.3 is 9.84 Å². The fourth-order valence-corrected chi connectivity index (χ4v) is 6.17. The first-order valence-corrected chi connectivity index (χ1v) is 9.21. The number of hydrogen-bond acceptors (Lipinski definition) is 3. The number of amides is 1. The van der Waals surface area contributed by atoms with Gasteiger partial charge in [-0.05, 0) is 42.5 Å². The van der Waals surface area contributed by atoms with Crippen LogP contribution < -0.4 is 4.90 Å². The Morgan fingerprint density at radius 1 is 1.30 bits per heavy atom. The maximum atomic E-state index is 13.3. The summed E-state index contributed by atoms with van der Waals surface area (Å²) in [5.74, 6) is 0.851. The van der Waals surface area contributed by atoms with Gasteiger partial charge in [-0.3, -0.25) is 9.69 Å². The summed E-state index contributed by atoms with van der Waals surface area (Å²) in [4.78, 5) is 15.2. The van der Waals surface area contributed by atoms with Crippen molar-refractivity contribution in [3.8, 4) is 0 Å². The van der Waals surface area contributed by atoms with E-state index in [0.29, 0.717) is 5.92 Å². The van der Waals surface area contributed by atoms with Gasteiger partial charge in [-0.2, -0.15) is 0 Å². The highest BCUT2D eigenvalue weighted by atomic mass is 79.9. The summed E-state index contributed by atoms with van der Waals surface area (Å²) in [5.41, 5.74) is 0.299. The molecule has 2 aliphatic carbocycles. The lowest BCUT2D eigenvalue weighted by Gasteiger charge is -2.42. The van der Waals surface area contributed by atoms with Gasteiger partial charge in [0.25, 0.3) is 0 Å². The van der Waals surface area contributed by atoms with E-state index in [1.54, 1.807) is 0 Å². The minimum Gasteiger partial charge on any atom is -0.390 e. The number of aliphatic hydroxyl groups is 1. The van der Waals surface area contributed by atoms with Crippen molar-refractivity contribution in [2.75, 3.05) is 4.90 Å². The molecule has 1 aromatic rings. The van der Waals surface area contributed by atoms with Crippen LogP contribution in [-0.4, -0.2) is 28.9 Å². The number of hydrogen-bond donors (Lipinski definition) is 1. The zero-order valence-electron chi connectivity index (χ0n) is 13.1. The predicted molar refractivity (Wildman–Crippen MR) is 88.7 cm³/mol. The molecular formula is C18H20BrNO3. The molecule has 2 saturated heterocycles. The van der Waals surface area contributed by atoms with Crippen molar-refractivity contribution in [1.82, 2.24) is 0 Å². The van der Waals surface area contributed by atoms with Gasteiger partial charge in [-0.1, -0.05) is 29.8 Å². The molecule has 0 radical (unpaired) electrons. The number of nitrogens with zero attached hydrogens (tertiary/aromatic N) is 1. The molecule has 2 aliphatic heterocycles. The fourth-order valence-electron chi connectivity index (χ4n) is 5.90. The first kappa shape index (κ1) is 14.4. The molecule has 5 heteroatoms. The summed E-state index contributed by atoms with van der Waals surface area (Å²) in [6, 6.07) is 7.89. The van der Waals surface area contributed by atoms with E-state index in [0.717, 1.165) is 16.6 Å². The monoisotopic (exact) mass is 377 g/mol. The van der Waals surface area contributed by atoms with Crippen LogP contribution in [0.3, 0.4) is 0 Å². The highest BCUT2D eigenvalue weighted by molar-refractivity contribution is 9.10. The molecule has 122 valence electrons. The Bertz CT molecular complexity index is 690. The molecule has 5 rings (SSSR count). The van der Waals surface area contributed by atoms with Gasteiger partial charge in [0.1, 0.15) is 0 Å². The van der Waals surface area contributed by atoms with Gasteiger partial charge >= 0.3 is 0 Å². The maximum absolute atomic E-state index is 13.3. The molecule has 1 N–H and O–H groups in total. The van der Waals surface area contributed by atoms with Gasteiger partial charge in [0.15, 0.2) is 5.72 Å². The molecule has 1 aromatic carbocycles. The first-order chi connectivity index (χ1) is 11.0. The largest absolute Gasteiger partial charge is 0.390 e. The number of ether oxygens (including phenoxy) is 1. The lowest BCUT2D eigenvalue weighted by molar-refractivity contribution is -0.136. The van der Waals surface area contributed by atoms with E-state index in [-0.39, 0.29) is 35.7 Å². The fraction of sp³-hybridized carbons (Fsp3) is 0.611. The molecule has 7 atom stereocenters. The normalized spacial score (nSPS) is 46.5. The number of rotatable bonds is 2. The highest BCUT2D eigenvalue weighted by Gasteiger charge is 2.79. The van der Waals surface area contributed by atoms with Crippen LogP contribution in [0.15, 0.2) is 28.7 Å². The first-order valence-electron chi connectivity index (χ1n) is 8.42. The van der Waals surface area contributed by atoms with Crippen LogP contribution in [0.25, 0.3) is 0 Å². The van der Waals surface area contributed by atoms with Crippen molar-refractivity contribution in [2.24, 2.45) is 29.6 Å². The van der Waals surface area contributed by atoms with Crippen LogP contribution in [-0.2, 0) is 9.53 Å². The molecule has 2 bridgehead atoms. The van der Waals surface area contributed by atoms with Crippen molar-refractivity contribution >= 4 is 27.5 Å². The third-order valence-corrected chi connectivity index (χ3v) is 7.15. The molecule has 0 aromatic heterocycles. The number of fused-ring (bicyclic) bond motifs is 2. The Kier molecular flexibility index (Phi) is 2.75. The molecule has 1 amide bonds. The molecule has 0 unspecified atom stereocenters. The Hall–Kier alpha value is -0.910. The molecule has 4 fully saturated rings. The SMILES string of the molecule is CC(C)[C@]12O[C@@H]3[C@H](O)[C@H]4C[C@H]3[C@@H]1[C@H]4C(=O)N2c1ccc(Br)cc1. The third kappa shape index (κ3) is 1.48. The van der Waals surface area contributed by atoms with Crippen LogP contribution in [0.2, 0.25) is 0 Å². The van der Waals surface area contributed by atoms with E-state index in [1.807, 2.05) is 29.2 Å². The average molecular weight is 378 g/mol. The lowest BCUT2D eigenvalue weighted by Crippen LogP contribution is -2.54. The second kappa shape index (κ2) is 4.38. The summed E-state index contributed by atoms with van der Waals surface area (Å²) in [5, 5.41) is 10.5.